The van der Waals surface area contributed by atoms with Crippen LogP contribution in [0, 0.1) is 0 Å². The molecule has 1 aromatic carbocycles. The van der Waals surface area contributed by atoms with Crippen LogP contribution in [0.4, 0.5) is 0 Å². The van der Waals surface area contributed by atoms with Crippen LogP contribution in [0.25, 0.3) is 5.57 Å². The minimum atomic E-state index is -0.124. The Balaban J connectivity index is 2.36. The van der Waals surface area contributed by atoms with Gasteiger partial charge in [0.2, 0.25) is 0 Å². The van der Waals surface area contributed by atoms with Crippen LogP contribution in [-0.4, -0.2) is 10.9 Å². The van der Waals surface area contributed by atoms with E-state index in [2.05, 4.69) is 19.1 Å². The average Bonchev–Trinajstić information content (AvgIpc) is 2.33. The van der Waals surface area contributed by atoms with Crippen LogP contribution in [0.3, 0.4) is 0 Å². The third kappa shape index (κ3) is 2.01. The van der Waals surface area contributed by atoms with Crippen molar-refractivity contribution >= 4 is 11.4 Å². The van der Waals surface area contributed by atoms with E-state index in [-0.39, 0.29) is 11.5 Å². The fourth-order valence-corrected chi connectivity index (χ4v) is 2.05. The van der Waals surface area contributed by atoms with Gasteiger partial charge >= 0.3 is 0 Å². The molecule has 0 fully saturated rings. The molecule has 2 nitrogen and oxygen atoms in total. The van der Waals surface area contributed by atoms with Crippen molar-refractivity contribution in [1.29, 1.82) is 0 Å². The van der Waals surface area contributed by atoms with Crippen LogP contribution in [0.2, 0.25) is 0 Å². The van der Waals surface area contributed by atoms with E-state index >= 15 is 0 Å². The fraction of sp³-hybridized carbons (Fsp3) is 0.357. The summed E-state index contributed by atoms with van der Waals surface area (Å²) >= 11 is 0. The summed E-state index contributed by atoms with van der Waals surface area (Å²) in [6.07, 6.45) is 3.11. The van der Waals surface area contributed by atoms with Gasteiger partial charge in [-0.25, -0.2) is 0 Å². The lowest BCUT2D eigenvalue weighted by atomic mass is 9.91. The summed E-state index contributed by atoms with van der Waals surface area (Å²) in [6.45, 7) is 2.11. The van der Waals surface area contributed by atoms with Gasteiger partial charge in [-0.1, -0.05) is 31.2 Å². The molecule has 2 rings (SSSR count). The van der Waals surface area contributed by atoms with Crippen LogP contribution in [0.15, 0.2) is 30.0 Å². The monoisotopic (exact) mass is 216 g/mol. The number of ketones is 1. The van der Waals surface area contributed by atoms with E-state index in [4.69, 9.17) is 0 Å². The predicted octanol–water partition coefficient (Wildman–Crippen LogP) is 3.27. The molecule has 1 aliphatic rings. The zero-order chi connectivity index (χ0) is 11.5. The highest BCUT2D eigenvalue weighted by Gasteiger charge is 2.20. The molecule has 0 aliphatic heterocycles. The number of aliphatic hydroxyl groups excluding tert-OH is 1. The van der Waals surface area contributed by atoms with E-state index in [0.29, 0.717) is 6.42 Å². The predicted molar refractivity (Wildman–Crippen MR) is 64.2 cm³/mol. The molecule has 1 aliphatic carbocycles. The SMILES string of the molecule is CCc1ccc(C2=C(O)C(=O)CCC2)cc1. The number of Topliss-reactive ketones (excluding diaryl/α,β-unsaturated/α-hetero) is 1. The van der Waals surface area contributed by atoms with Gasteiger partial charge in [-0.2, -0.15) is 0 Å². The van der Waals surface area contributed by atoms with Gasteiger partial charge in [-0.3, -0.25) is 4.79 Å². The first kappa shape index (κ1) is 10.9. The first-order chi connectivity index (χ1) is 7.72. The summed E-state index contributed by atoms with van der Waals surface area (Å²) in [4.78, 5) is 11.4. The lowest BCUT2D eigenvalue weighted by molar-refractivity contribution is -0.118. The lowest BCUT2D eigenvalue weighted by Crippen LogP contribution is -2.10. The number of benzene rings is 1. The van der Waals surface area contributed by atoms with Crippen molar-refractivity contribution in [2.75, 3.05) is 0 Å². The molecule has 1 N–H and O–H groups in total. The van der Waals surface area contributed by atoms with Gasteiger partial charge in [-0.05, 0) is 30.4 Å². The van der Waals surface area contributed by atoms with E-state index in [1.807, 2.05) is 12.1 Å². The molecule has 0 heterocycles. The van der Waals surface area contributed by atoms with Crippen LogP contribution in [-0.2, 0) is 11.2 Å². The second-order valence-electron chi connectivity index (χ2n) is 4.15. The molecule has 0 unspecified atom stereocenters. The summed E-state index contributed by atoms with van der Waals surface area (Å²) in [6, 6.07) is 8.08. The van der Waals surface area contributed by atoms with Crippen molar-refractivity contribution in [2.45, 2.75) is 32.6 Å². The Labute approximate surface area is 95.6 Å². The van der Waals surface area contributed by atoms with Gasteiger partial charge in [0.1, 0.15) is 0 Å². The second kappa shape index (κ2) is 4.52. The Bertz CT molecular complexity index is 427. The first-order valence-electron chi connectivity index (χ1n) is 5.77. The molecule has 2 heteroatoms. The van der Waals surface area contributed by atoms with Crippen molar-refractivity contribution in [3.63, 3.8) is 0 Å². The van der Waals surface area contributed by atoms with Gasteiger partial charge < -0.3 is 5.11 Å². The van der Waals surface area contributed by atoms with E-state index < -0.39 is 0 Å². The Hall–Kier alpha value is -1.57. The molecular weight excluding hydrogens is 200 g/mol. The van der Waals surface area contributed by atoms with E-state index in [9.17, 15) is 9.90 Å². The minimum Gasteiger partial charge on any atom is -0.504 e. The Morgan fingerprint density at radius 1 is 1.19 bits per heavy atom. The lowest BCUT2D eigenvalue weighted by Gasteiger charge is -2.15. The van der Waals surface area contributed by atoms with E-state index in [0.717, 1.165) is 30.4 Å². The summed E-state index contributed by atoms with van der Waals surface area (Å²) in [5.74, 6) is -0.156. The quantitative estimate of drug-likeness (QED) is 0.823. The van der Waals surface area contributed by atoms with Gasteiger partial charge in [0.15, 0.2) is 11.5 Å². The second-order valence-corrected chi connectivity index (χ2v) is 4.15. The van der Waals surface area contributed by atoms with Gasteiger partial charge in [0.05, 0.1) is 0 Å². The largest absolute Gasteiger partial charge is 0.504 e. The number of aliphatic hydroxyl groups is 1. The van der Waals surface area contributed by atoms with Crippen molar-refractivity contribution in [3.05, 3.63) is 41.2 Å². The average molecular weight is 216 g/mol. The van der Waals surface area contributed by atoms with Gasteiger partial charge in [-0.15, -0.1) is 0 Å². The summed E-state index contributed by atoms with van der Waals surface area (Å²) in [7, 11) is 0. The van der Waals surface area contributed by atoms with Crippen molar-refractivity contribution in [1.82, 2.24) is 0 Å². The molecule has 0 bridgehead atoms. The zero-order valence-corrected chi connectivity index (χ0v) is 9.49. The highest BCUT2D eigenvalue weighted by molar-refractivity contribution is 6.01. The highest BCUT2D eigenvalue weighted by atomic mass is 16.3. The topological polar surface area (TPSA) is 37.3 Å². The number of carbonyl (C=O) groups excluding carboxylic acids is 1. The van der Waals surface area contributed by atoms with Gasteiger partial charge in [0.25, 0.3) is 0 Å². The Kier molecular flexibility index (Phi) is 3.09. The molecule has 0 radical (unpaired) electrons. The number of hydrogen-bond acceptors (Lipinski definition) is 2. The van der Waals surface area contributed by atoms with E-state index in [1.165, 1.54) is 5.56 Å². The summed E-state index contributed by atoms with van der Waals surface area (Å²) in [5.41, 5.74) is 3.05. The molecule has 0 amide bonds. The number of aryl methyl sites for hydroxylation is 1. The highest BCUT2D eigenvalue weighted by Crippen LogP contribution is 2.29. The summed E-state index contributed by atoms with van der Waals surface area (Å²) < 4.78 is 0. The van der Waals surface area contributed by atoms with Crippen molar-refractivity contribution in [2.24, 2.45) is 0 Å². The van der Waals surface area contributed by atoms with Crippen LogP contribution in [0.5, 0.6) is 0 Å². The molecular formula is C14H16O2. The maximum Gasteiger partial charge on any atom is 0.197 e. The molecule has 84 valence electrons. The Morgan fingerprint density at radius 2 is 1.88 bits per heavy atom. The number of hydrogen-bond donors (Lipinski definition) is 1. The number of allylic oxidation sites excluding steroid dienone is 2. The van der Waals surface area contributed by atoms with Crippen LogP contribution in [0.1, 0.15) is 37.3 Å². The van der Waals surface area contributed by atoms with Gasteiger partial charge in [0, 0.05) is 12.0 Å². The molecule has 0 saturated carbocycles. The number of rotatable bonds is 2. The smallest absolute Gasteiger partial charge is 0.197 e. The maximum atomic E-state index is 11.4. The van der Waals surface area contributed by atoms with Crippen LogP contribution < -0.4 is 0 Å². The standard InChI is InChI=1S/C14H16O2/c1-2-10-6-8-11(9-7-10)12-4-3-5-13(15)14(12)16/h6-9,16H,2-5H2,1H3. The molecule has 0 saturated heterocycles. The molecule has 0 atom stereocenters. The van der Waals surface area contributed by atoms with E-state index in [1.54, 1.807) is 0 Å². The molecule has 0 aromatic heterocycles. The maximum absolute atomic E-state index is 11.4. The minimum absolute atomic E-state index is 0.0319. The summed E-state index contributed by atoms with van der Waals surface area (Å²) in [5, 5.41) is 9.75. The molecule has 16 heavy (non-hydrogen) atoms. The van der Waals surface area contributed by atoms with Crippen molar-refractivity contribution in [3.8, 4) is 0 Å². The fourth-order valence-electron chi connectivity index (χ4n) is 2.05. The normalized spacial score (nSPS) is 16.7. The first-order valence-corrected chi connectivity index (χ1v) is 5.77. The van der Waals surface area contributed by atoms with Crippen LogP contribution >= 0.6 is 0 Å². The third-order valence-electron chi connectivity index (χ3n) is 3.09. The van der Waals surface area contributed by atoms with Crippen molar-refractivity contribution < 1.29 is 9.90 Å². The zero-order valence-electron chi connectivity index (χ0n) is 9.49. The third-order valence-corrected chi connectivity index (χ3v) is 3.09. The number of carbonyl (C=O) groups is 1. The Morgan fingerprint density at radius 3 is 2.50 bits per heavy atom. The molecule has 1 aromatic rings. The molecule has 0 spiro atoms.